The zero-order chi connectivity index (χ0) is 13.9. The lowest BCUT2D eigenvalue weighted by Crippen LogP contribution is -2.35. The molecule has 0 bridgehead atoms. The Morgan fingerprint density at radius 1 is 1.35 bits per heavy atom. The Labute approximate surface area is 127 Å². The van der Waals surface area contributed by atoms with Crippen molar-refractivity contribution in [2.24, 2.45) is 5.73 Å². The number of nitrogens with zero attached hydrogens (tertiary/aromatic N) is 1. The Balaban J connectivity index is 1.80. The number of fused-ring (bicyclic) bond motifs is 1. The molecule has 3 rings (SSSR count). The predicted molar refractivity (Wildman–Crippen MR) is 82.5 cm³/mol. The number of nitrogens with two attached hydrogens (primary N) is 1. The zero-order valence-electron chi connectivity index (χ0n) is 11.1. The van der Waals surface area contributed by atoms with E-state index in [4.69, 9.17) is 10.5 Å². The van der Waals surface area contributed by atoms with Crippen LogP contribution in [0.1, 0.15) is 22.8 Å². The average Bonchev–Trinajstić information content (AvgIpc) is 2.46. The first-order chi connectivity index (χ1) is 9.74. The molecule has 1 aromatic carbocycles. The number of rotatable bonds is 3. The van der Waals surface area contributed by atoms with E-state index in [0.717, 1.165) is 29.5 Å². The van der Waals surface area contributed by atoms with Crippen molar-refractivity contribution in [3.05, 3.63) is 63.9 Å². The molecule has 2 unspecified atom stereocenters. The van der Waals surface area contributed by atoms with Gasteiger partial charge in [-0.2, -0.15) is 0 Å². The van der Waals surface area contributed by atoms with E-state index in [-0.39, 0.29) is 12.1 Å². The fourth-order valence-corrected chi connectivity index (χ4v) is 3.14. The third-order valence-electron chi connectivity index (χ3n) is 3.65. The molecule has 2 aromatic rings. The van der Waals surface area contributed by atoms with Crippen molar-refractivity contribution in [1.82, 2.24) is 4.98 Å². The average molecular weight is 333 g/mol. The molecular weight excluding hydrogens is 316 g/mol. The van der Waals surface area contributed by atoms with Crippen LogP contribution in [-0.2, 0) is 17.6 Å². The summed E-state index contributed by atoms with van der Waals surface area (Å²) < 4.78 is 6.89. The monoisotopic (exact) mass is 332 g/mol. The summed E-state index contributed by atoms with van der Waals surface area (Å²) in [5.41, 5.74) is 10.1. The van der Waals surface area contributed by atoms with Gasteiger partial charge in [0.1, 0.15) is 0 Å². The van der Waals surface area contributed by atoms with E-state index in [1.54, 1.807) is 6.20 Å². The van der Waals surface area contributed by atoms with Gasteiger partial charge in [-0.3, -0.25) is 4.98 Å². The number of hydrogen-bond donors (Lipinski definition) is 1. The van der Waals surface area contributed by atoms with Gasteiger partial charge in [-0.05, 0) is 51.5 Å². The Hall–Kier alpha value is -1.23. The minimum absolute atomic E-state index is 0.0288. The summed E-state index contributed by atoms with van der Waals surface area (Å²) in [4.78, 5) is 4.18. The smallest absolute Gasteiger partial charge is 0.0981 e. The van der Waals surface area contributed by atoms with Crippen LogP contribution in [0.4, 0.5) is 0 Å². The number of aromatic nitrogens is 1. The van der Waals surface area contributed by atoms with E-state index in [1.165, 1.54) is 11.1 Å². The van der Waals surface area contributed by atoms with Gasteiger partial charge < -0.3 is 10.5 Å². The fraction of sp³-hybridized carbons (Fsp3) is 0.312. The van der Waals surface area contributed by atoms with E-state index in [0.29, 0.717) is 0 Å². The first kappa shape index (κ1) is 13.7. The van der Waals surface area contributed by atoms with Gasteiger partial charge in [-0.25, -0.2) is 0 Å². The second-order valence-corrected chi connectivity index (χ2v) is 6.04. The van der Waals surface area contributed by atoms with Crippen molar-refractivity contribution >= 4 is 15.9 Å². The highest BCUT2D eigenvalue weighted by Gasteiger charge is 2.26. The molecule has 0 spiro atoms. The number of ether oxygens (including phenoxy) is 1. The van der Waals surface area contributed by atoms with Crippen molar-refractivity contribution in [3.8, 4) is 0 Å². The van der Waals surface area contributed by atoms with E-state index in [1.807, 2.05) is 12.3 Å². The molecule has 2 N–H and O–H groups in total. The maximum Gasteiger partial charge on any atom is 0.0981 e. The molecule has 2 heterocycles. The number of halogens is 1. The molecule has 4 heteroatoms. The van der Waals surface area contributed by atoms with Crippen molar-refractivity contribution in [1.29, 1.82) is 0 Å². The first-order valence-corrected chi connectivity index (χ1v) is 7.58. The summed E-state index contributed by atoms with van der Waals surface area (Å²) in [5, 5.41) is 0. The summed E-state index contributed by atoms with van der Waals surface area (Å²) in [6.45, 7) is 0.742. The lowest BCUT2D eigenvalue weighted by Gasteiger charge is -2.30. The molecule has 1 aromatic heterocycles. The largest absolute Gasteiger partial charge is 0.372 e. The number of benzene rings is 1. The normalized spacial score (nSPS) is 19.4. The third kappa shape index (κ3) is 2.92. The van der Waals surface area contributed by atoms with E-state index >= 15 is 0 Å². The molecule has 104 valence electrons. The van der Waals surface area contributed by atoms with E-state index < -0.39 is 0 Å². The standard InChI is InChI=1S/C16H17BrN2O/c17-13-7-11(9-19-10-13)8-15(18)16-14-4-2-1-3-12(14)5-6-20-16/h1-4,7,9-10,15-16H,5-6,8,18H2. The van der Waals surface area contributed by atoms with Crippen LogP contribution in [0.25, 0.3) is 0 Å². The molecule has 0 aliphatic carbocycles. The highest BCUT2D eigenvalue weighted by molar-refractivity contribution is 9.10. The van der Waals surface area contributed by atoms with Crippen molar-refractivity contribution in [2.75, 3.05) is 6.61 Å². The molecule has 3 nitrogen and oxygen atoms in total. The molecule has 2 atom stereocenters. The zero-order valence-corrected chi connectivity index (χ0v) is 12.7. The van der Waals surface area contributed by atoms with E-state index in [2.05, 4.69) is 45.2 Å². The van der Waals surface area contributed by atoms with Crippen LogP contribution in [0, 0.1) is 0 Å². The molecule has 0 saturated heterocycles. The molecule has 1 aliphatic rings. The molecule has 0 radical (unpaired) electrons. The van der Waals surface area contributed by atoms with Gasteiger partial charge in [0.2, 0.25) is 0 Å². The summed E-state index contributed by atoms with van der Waals surface area (Å²) in [7, 11) is 0. The molecule has 0 fully saturated rings. The molecule has 0 amide bonds. The Morgan fingerprint density at radius 3 is 3.05 bits per heavy atom. The van der Waals surface area contributed by atoms with Gasteiger partial charge in [0.05, 0.1) is 12.7 Å². The summed E-state index contributed by atoms with van der Waals surface area (Å²) in [6.07, 6.45) is 5.34. The predicted octanol–water partition coefficient (Wildman–Crippen LogP) is 3.03. The summed E-state index contributed by atoms with van der Waals surface area (Å²) in [6, 6.07) is 10.4. The second kappa shape index (κ2) is 6.04. The maximum absolute atomic E-state index is 6.38. The second-order valence-electron chi connectivity index (χ2n) is 5.12. The molecule has 1 aliphatic heterocycles. The van der Waals surface area contributed by atoms with Crippen LogP contribution in [0.2, 0.25) is 0 Å². The lowest BCUT2D eigenvalue weighted by atomic mass is 9.91. The van der Waals surface area contributed by atoms with Gasteiger partial charge >= 0.3 is 0 Å². The SMILES string of the molecule is NC(Cc1cncc(Br)c1)C1OCCc2ccccc21. The minimum Gasteiger partial charge on any atom is -0.372 e. The van der Waals surface area contributed by atoms with Crippen LogP contribution in [-0.4, -0.2) is 17.6 Å². The van der Waals surface area contributed by atoms with Crippen LogP contribution in [0.5, 0.6) is 0 Å². The molecule has 0 saturated carbocycles. The van der Waals surface area contributed by atoms with Gasteiger partial charge in [0.15, 0.2) is 0 Å². The minimum atomic E-state index is -0.0625. The van der Waals surface area contributed by atoms with Crippen LogP contribution in [0.3, 0.4) is 0 Å². The van der Waals surface area contributed by atoms with Gasteiger partial charge in [-0.15, -0.1) is 0 Å². The van der Waals surface area contributed by atoms with Gasteiger partial charge in [-0.1, -0.05) is 24.3 Å². The van der Waals surface area contributed by atoms with Crippen molar-refractivity contribution in [3.63, 3.8) is 0 Å². The highest BCUT2D eigenvalue weighted by atomic mass is 79.9. The Kier molecular flexibility index (Phi) is 4.15. The lowest BCUT2D eigenvalue weighted by molar-refractivity contribution is 0.0246. The Morgan fingerprint density at radius 2 is 2.20 bits per heavy atom. The summed E-state index contributed by atoms with van der Waals surface area (Å²) >= 11 is 3.44. The van der Waals surface area contributed by atoms with Gasteiger partial charge in [0.25, 0.3) is 0 Å². The molecule has 20 heavy (non-hydrogen) atoms. The van der Waals surface area contributed by atoms with Crippen LogP contribution >= 0.6 is 15.9 Å². The summed E-state index contributed by atoms with van der Waals surface area (Å²) in [5.74, 6) is 0. The quantitative estimate of drug-likeness (QED) is 0.939. The first-order valence-electron chi connectivity index (χ1n) is 6.78. The fourth-order valence-electron chi connectivity index (χ4n) is 2.73. The van der Waals surface area contributed by atoms with Crippen LogP contribution in [0.15, 0.2) is 47.2 Å². The van der Waals surface area contributed by atoms with Crippen molar-refractivity contribution < 1.29 is 4.74 Å². The third-order valence-corrected chi connectivity index (χ3v) is 4.09. The van der Waals surface area contributed by atoms with Gasteiger partial charge in [0, 0.05) is 22.9 Å². The Bertz CT molecular complexity index is 603. The van der Waals surface area contributed by atoms with E-state index in [9.17, 15) is 0 Å². The molecular formula is C16H17BrN2O. The highest BCUT2D eigenvalue weighted by Crippen LogP contribution is 2.30. The number of pyridine rings is 1. The number of hydrogen-bond acceptors (Lipinski definition) is 3. The van der Waals surface area contributed by atoms with Crippen LogP contribution < -0.4 is 5.73 Å². The van der Waals surface area contributed by atoms with Crippen molar-refractivity contribution in [2.45, 2.75) is 25.0 Å². The maximum atomic E-state index is 6.38. The topological polar surface area (TPSA) is 48.1 Å².